The fraction of sp³-hybridized carbons (Fsp3) is 0.533. The van der Waals surface area contributed by atoms with E-state index < -0.39 is 0 Å². The summed E-state index contributed by atoms with van der Waals surface area (Å²) in [5.74, 6) is 0.0522. The topological polar surface area (TPSA) is 75.0 Å². The molecule has 126 valence electrons. The van der Waals surface area contributed by atoms with E-state index in [0.717, 1.165) is 0 Å². The van der Waals surface area contributed by atoms with Gasteiger partial charge >= 0.3 is 5.97 Å². The minimum Gasteiger partial charge on any atom is -0.469 e. The van der Waals surface area contributed by atoms with Crippen LogP contribution >= 0.6 is 12.2 Å². The van der Waals surface area contributed by atoms with Crippen LogP contribution in [0.1, 0.15) is 23.4 Å². The SMILES string of the molecule is COC(=O)CCCNC(=S)N1CCN(C(=O)c2ccco2)CC1. The largest absolute Gasteiger partial charge is 0.469 e. The van der Waals surface area contributed by atoms with Crippen molar-refractivity contribution in [3.05, 3.63) is 24.2 Å². The molecule has 23 heavy (non-hydrogen) atoms. The van der Waals surface area contributed by atoms with Gasteiger partial charge in [-0.1, -0.05) is 0 Å². The smallest absolute Gasteiger partial charge is 0.305 e. The number of thiocarbonyl (C=S) groups is 1. The van der Waals surface area contributed by atoms with E-state index in [1.165, 1.54) is 13.4 Å². The molecule has 1 saturated heterocycles. The van der Waals surface area contributed by atoms with E-state index in [1.54, 1.807) is 17.0 Å². The second-order valence-electron chi connectivity index (χ2n) is 5.17. The maximum Gasteiger partial charge on any atom is 0.305 e. The fourth-order valence-corrected chi connectivity index (χ4v) is 2.60. The minimum absolute atomic E-state index is 0.0911. The molecule has 7 nitrogen and oxygen atoms in total. The number of methoxy groups -OCH3 is 1. The van der Waals surface area contributed by atoms with E-state index in [2.05, 4.69) is 10.1 Å². The van der Waals surface area contributed by atoms with Crippen LogP contribution in [0.3, 0.4) is 0 Å². The fourth-order valence-electron chi connectivity index (χ4n) is 2.31. The van der Waals surface area contributed by atoms with Gasteiger partial charge in [-0.15, -0.1) is 0 Å². The van der Waals surface area contributed by atoms with Gasteiger partial charge in [0.25, 0.3) is 5.91 Å². The van der Waals surface area contributed by atoms with Gasteiger partial charge in [0.1, 0.15) is 0 Å². The number of nitrogens with zero attached hydrogens (tertiary/aromatic N) is 2. The molecule has 2 heterocycles. The van der Waals surface area contributed by atoms with Crippen molar-refractivity contribution >= 4 is 29.2 Å². The average Bonchev–Trinajstić information content (AvgIpc) is 3.12. The molecule has 0 aliphatic carbocycles. The first-order chi connectivity index (χ1) is 11.1. The number of esters is 1. The zero-order valence-corrected chi connectivity index (χ0v) is 13.9. The second kappa shape index (κ2) is 8.52. The highest BCUT2D eigenvalue weighted by Gasteiger charge is 2.24. The maximum atomic E-state index is 12.2. The predicted molar refractivity (Wildman–Crippen MR) is 88.0 cm³/mol. The van der Waals surface area contributed by atoms with Crippen LogP contribution < -0.4 is 5.32 Å². The third-order valence-corrected chi connectivity index (χ3v) is 4.05. The van der Waals surface area contributed by atoms with Gasteiger partial charge in [0.15, 0.2) is 10.9 Å². The molecule has 1 aromatic rings. The van der Waals surface area contributed by atoms with Crippen molar-refractivity contribution in [2.75, 3.05) is 39.8 Å². The number of amides is 1. The quantitative estimate of drug-likeness (QED) is 0.484. The van der Waals surface area contributed by atoms with E-state index in [-0.39, 0.29) is 11.9 Å². The molecule has 0 aromatic carbocycles. The molecule has 0 atom stereocenters. The van der Waals surface area contributed by atoms with Crippen molar-refractivity contribution < 1.29 is 18.7 Å². The Morgan fingerprint density at radius 1 is 1.30 bits per heavy atom. The van der Waals surface area contributed by atoms with Gasteiger partial charge in [0.05, 0.1) is 13.4 Å². The summed E-state index contributed by atoms with van der Waals surface area (Å²) in [7, 11) is 1.38. The molecule has 0 radical (unpaired) electrons. The summed E-state index contributed by atoms with van der Waals surface area (Å²) in [4.78, 5) is 27.0. The summed E-state index contributed by atoms with van der Waals surface area (Å²) in [6, 6.07) is 3.37. The highest BCUT2D eigenvalue weighted by atomic mass is 32.1. The summed E-state index contributed by atoms with van der Waals surface area (Å²) in [6.45, 7) is 3.18. The first-order valence-corrected chi connectivity index (χ1v) is 7.95. The lowest BCUT2D eigenvalue weighted by Gasteiger charge is -2.35. The summed E-state index contributed by atoms with van der Waals surface area (Å²) in [5.41, 5.74) is 0. The lowest BCUT2D eigenvalue weighted by molar-refractivity contribution is -0.140. The Morgan fingerprint density at radius 3 is 2.61 bits per heavy atom. The van der Waals surface area contributed by atoms with Crippen LogP contribution in [0.2, 0.25) is 0 Å². The normalized spacial score (nSPS) is 14.5. The van der Waals surface area contributed by atoms with Crippen molar-refractivity contribution in [2.24, 2.45) is 0 Å². The molecule has 1 aliphatic heterocycles. The summed E-state index contributed by atoms with van der Waals surface area (Å²) in [5, 5.41) is 3.78. The molecule has 1 aliphatic rings. The first kappa shape index (κ1) is 17.3. The van der Waals surface area contributed by atoms with E-state index in [0.29, 0.717) is 56.4 Å². The molecule has 1 fully saturated rings. The molecular weight excluding hydrogens is 318 g/mol. The Bertz CT molecular complexity index is 539. The van der Waals surface area contributed by atoms with Crippen molar-refractivity contribution in [1.82, 2.24) is 15.1 Å². The molecule has 1 amide bonds. The lowest BCUT2D eigenvalue weighted by Crippen LogP contribution is -2.53. The number of ether oxygens (including phenoxy) is 1. The number of piperazine rings is 1. The molecule has 8 heteroatoms. The van der Waals surface area contributed by atoms with Gasteiger partial charge in [-0.3, -0.25) is 9.59 Å². The Hall–Kier alpha value is -2.09. The van der Waals surface area contributed by atoms with E-state index in [1.807, 2.05) is 4.90 Å². The third-order valence-electron chi connectivity index (χ3n) is 3.65. The molecule has 0 unspecified atom stereocenters. The Balaban J connectivity index is 1.68. The molecule has 0 bridgehead atoms. The zero-order chi connectivity index (χ0) is 16.7. The Morgan fingerprint density at radius 2 is 2.00 bits per heavy atom. The highest BCUT2D eigenvalue weighted by molar-refractivity contribution is 7.80. The summed E-state index contributed by atoms with van der Waals surface area (Å²) >= 11 is 5.34. The van der Waals surface area contributed by atoms with Crippen LogP contribution in [0, 0.1) is 0 Å². The lowest BCUT2D eigenvalue weighted by atomic mass is 10.3. The zero-order valence-electron chi connectivity index (χ0n) is 13.1. The second-order valence-corrected chi connectivity index (χ2v) is 5.55. The number of carbonyl (C=O) groups is 2. The molecule has 0 saturated carbocycles. The van der Waals surface area contributed by atoms with Crippen LogP contribution in [-0.2, 0) is 9.53 Å². The van der Waals surface area contributed by atoms with Crippen molar-refractivity contribution in [3.63, 3.8) is 0 Å². The molecule has 1 aromatic heterocycles. The first-order valence-electron chi connectivity index (χ1n) is 7.54. The third kappa shape index (κ3) is 4.95. The molecule has 0 spiro atoms. The van der Waals surface area contributed by atoms with Crippen LogP contribution in [0.5, 0.6) is 0 Å². The van der Waals surface area contributed by atoms with Gasteiger partial charge in [-0.25, -0.2) is 0 Å². The number of carbonyl (C=O) groups excluding carboxylic acids is 2. The molecular formula is C15H21N3O4S. The number of rotatable bonds is 5. The van der Waals surface area contributed by atoms with Crippen LogP contribution in [-0.4, -0.2) is 66.6 Å². The van der Waals surface area contributed by atoms with Crippen molar-refractivity contribution in [3.8, 4) is 0 Å². The molecule has 1 N–H and O–H groups in total. The van der Waals surface area contributed by atoms with Crippen molar-refractivity contribution in [1.29, 1.82) is 0 Å². The Labute approximate surface area is 140 Å². The average molecular weight is 339 g/mol. The number of hydrogen-bond donors (Lipinski definition) is 1. The highest BCUT2D eigenvalue weighted by Crippen LogP contribution is 2.09. The van der Waals surface area contributed by atoms with Crippen LogP contribution in [0.15, 0.2) is 22.8 Å². The predicted octanol–water partition coefficient (Wildman–Crippen LogP) is 0.865. The summed E-state index contributed by atoms with van der Waals surface area (Å²) in [6.07, 6.45) is 2.54. The van der Waals surface area contributed by atoms with E-state index in [9.17, 15) is 9.59 Å². The number of hydrogen-bond acceptors (Lipinski definition) is 5. The number of furan rings is 1. The standard InChI is InChI=1S/C15H21N3O4S/c1-21-13(19)5-2-6-16-15(23)18-9-7-17(8-10-18)14(20)12-4-3-11-22-12/h3-4,11H,2,5-10H2,1H3,(H,16,23). The minimum atomic E-state index is -0.220. The van der Waals surface area contributed by atoms with Crippen molar-refractivity contribution in [2.45, 2.75) is 12.8 Å². The Kier molecular flexibility index (Phi) is 6.40. The van der Waals surface area contributed by atoms with Gasteiger partial charge in [0.2, 0.25) is 0 Å². The van der Waals surface area contributed by atoms with Gasteiger partial charge in [-0.05, 0) is 30.8 Å². The molecule has 2 rings (SSSR count). The summed E-state index contributed by atoms with van der Waals surface area (Å²) < 4.78 is 9.72. The van der Waals surface area contributed by atoms with Gasteiger partial charge < -0.3 is 24.3 Å². The van der Waals surface area contributed by atoms with E-state index >= 15 is 0 Å². The van der Waals surface area contributed by atoms with Gasteiger partial charge in [-0.2, -0.15) is 0 Å². The van der Waals surface area contributed by atoms with Gasteiger partial charge in [0, 0.05) is 39.1 Å². The maximum absolute atomic E-state index is 12.2. The number of nitrogens with one attached hydrogen (secondary N) is 1. The van der Waals surface area contributed by atoms with Crippen LogP contribution in [0.4, 0.5) is 0 Å². The monoisotopic (exact) mass is 339 g/mol. The van der Waals surface area contributed by atoms with Crippen LogP contribution in [0.25, 0.3) is 0 Å². The van der Waals surface area contributed by atoms with E-state index in [4.69, 9.17) is 16.6 Å².